The van der Waals surface area contributed by atoms with Crippen molar-refractivity contribution in [2.24, 2.45) is 4.99 Å². The number of allylic oxidation sites excluding steroid dienone is 1. The third-order valence-electron chi connectivity index (χ3n) is 1.85. The molecule has 1 aromatic rings. The zero-order valence-corrected chi connectivity index (χ0v) is 13.8. The van der Waals surface area contributed by atoms with E-state index in [4.69, 9.17) is 4.74 Å². The summed E-state index contributed by atoms with van der Waals surface area (Å²) in [5, 5.41) is 0. The smallest absolute Gasteiger partial charge is 0.501 e. The fourth-order valence-electron chi connectivity index (χ4n) is 1.04. The van der Waals surface area contributed by atoms with Gasteiger partial charge in [-0.25, -0.2) is 5.70 Å². The van der Waals surface area contributed by atoms with Crippen LogP contribution in [0.25, 0.3) is 0 Å². The van der Waals surface area contributed by atoms with Crippen molar-refractivity contribution in [2.75, 3.05) is 13.7 Å². The second-order valence-corrected chi connectivity index (χ2v) is 3.00. The van der Waals surface area contributed by atoms with Gasteiger partial charge in [0.15, 0.2) is 0 Å². The summed E-state index contributed by atoms with van der Waals surface area (Å²) in [4.78, 5) is 4.23. The predicted molar refractivity (Wildman–Crippen MR) is 61.9 cm³/mol. The van der Waals surface area contributed by atoms with E-state index in [9.17, 15) is 0 Å². The molecular weight excluding hydrogens is 424 g/mol. The third-order valence-corrected chi connectivity index (χ3v) is 1.85. The molecule has 1 aromatic carbocycles. The number of nitrogens with zero attached hydrogens (tertiary/aromatic N) is 1. The normalized spacial score (nSPS) is 11.5. The summed E-state index contributed by atoms with van der Waals surface area (Å²) >= 11 is 0. The number of rotatable bonds is 5. The van der Waals surface area contributed by atoms with E-state index < -0.39 is 0 Å². The molecule has 3 heteroatoms. The summed E-state index contributed by atoms with van der Waals surface area (Å²) < 4.78 is 4.91. The molecule has 0 unspecified atom stereocenters. The fourth-order valence-corrected chi connectivity index (χ4v) is 1.04. The van der Waals surface area contributed by atoms with Crippen molar-refractivity contribution in [3.05, 3.63) is 47.7 Å². The third kappa shape index (κ3) is 6.27. The van der Waals surface area contributed by atoms with Crippen LogP contribution < -0.4 is 0 Å². The van der Waals surface area contributed by atoms with Gasteiger partial charge in [0, 0.05) is 7.11 Å². The number of benzene rings is 1. The topological polar surface area (TPSA) is 21.6 Å². The summed E-state index contributed by atoms with van der Waals surface area (Å²) in [5.41, 5.74) is 1.85. The monoisotopic (exact) mass is 439 g/mol. The van der Waals surface area contributed by atoms with Gasteiger partial charge in [0.1, 0.15) is 0 Å². The molecule has 0 aromatic heterocycles. The van der Waals surface area contributed by atoms with Crippen LogP contribution in [-0.4, -0.2) is 19.9 Å². The van der Waals surface area contributed by atoms with Crippen LogP contribution >= 0.6 is 0 Å². The van der Waals surface area contributed by atoms with E-state index in [0.717, 1.165) is 17.7 Å². The molecule has 0 amide bonds. The Balaban J connectivity index is 0.00000225. The van der Waals surface area contributed by atoms with Crippen LogP contribution in [0, 0.1) is 37.2 Å². The van der Waals surface area contributed by atoms with Crippen molar-refractivity contribution < 1.29 is 35.9 Å². The van der Waals surface area contributed by atoms with E-state index in [1.165, 1.54) is 0 Å². The second-order valence-electron chi connectivity index (χ2n) is 3.00. The Hall–Kier alpha value is -0.358. The minimum Gasteiger partial charge on any atom is -0.501 e. The van der Waals surface area contributed by atoms with E-state index in [2.05, 4.69) is 17.3 Å². The van der Waals surface area contributed by atoms with Gasteiger partial charge >= 0.3 is 31.1 Å². The van der Waals surface area contributed by atoms with Crippen molar-refractivity contribution in [2.45, 2.75) is 13.3 Å². The average molecular weight is 439 g/mol. The van der Waals surface area contributed by atoms with Gasteiger partial charge in [-0.1, -0.05) is 26.0 Å². The Labute approximate surface area is 121 Å². The van der Waals surface area contributed by atoms with Crippen LogP contribution in [0.15, 0.2) is 41.0 Å². The summed E-state index contributed by atoms with van der Waals surface area (Å²) in [7, 11) is 1.64. The summed E-state index contributed by atoms with van der Waals surface area (Å²) in [6.45, 7) is 2.51. The molecule has 0 fully saturated rings. The number of hydrogen-bond donors (Lipinski definition) is 0. The van der Waals surface area contributed by atoms with Crippen LogP contribution in [0.5, 0.6) is 0 Å². The molecule has 82 valence electrons. The number of ether oxygens (including phenoxy) is 1. The van der Waals surface area contributed by atoms with Crippen molar-refractivity contribution in [1.82, 2.24) is 0 Å². The molecule has 0 radical (unpaired) electrons. The number of aliphatic imine (C=N–C) groups is 1. The first-order chi connectivity index (χ1) is 7.36. The van der Waals surface area contributed by atoms with Gasteiger partial charge in [-0.15, -0.1) is 29.8 Å². The molecule has 0 spiro atoms. The molecule has 0 saturated heterocycles. The van der Waals surface area contributed by atoms with Crippen molar-refractivity contribution in [1.29, 1.82) is 0 Å². The van der Waals surface area contributed by atoms with Gasteiger partial charge < -0.3 is 15.8 Å². The molecular formula is C13H15NOU. The van der Waals surface area contributed by atoms with Crippen LogP contribution in [0.4, 0.5) is 0 Å². The average Bonchev–Trinajstić information content (AvgIpc) is 2.31. The van der Waals surface area contributed by atoms with Crippen LogP contribution in [-0.2, 0) is 4.74 Å². The Kier molecular flexibility index (Phi) is 9.62. The van der Waals surface area contributed by atoms with Gasteiger partial charge in [-0.05, 0) is 6.21 Å². The Morgan fingerprint density at radius 2 is 2.00 bits per heavy atom. The summed E-state index contributed by atoms with van der Waals surface area (Å²) in [6.07, 6.45) is 6.87. The van der Waals surface area contributed by atoms with Crippen LogP contribution in [0.3, 0.4) is 0 Å². The van der Waals surface area contributed by atoms with E-state index in [-0.39, 0.29) is 31.1 Å². The van der Waals surface area contributed by atoms with Crippen LogP contribution in [0.2, 0.25) is 0 Å². The van der Waals surface area contributed by atoms with E-state index in [1.807, 2.05) is 37.3 Å². The molecule has 0 aliphatic carbocycles. The van der Waals surface area contributed by atoms with Gasteiger partial charge in [0.05, 0.1) is 0 Å². The predicted octanol–water partition coefficient (Wildman–Crippen LogP) is 2.73. The van der Waals surface area contributed by atoms with Gasteiger partial charge in [-0.3, -0.25) is 0 Å². The minimum absolute atomic E-state index is 0. The molecule has 1 rings (SSSR count). The maximum atomic E-state index is 4.91. The zero-order chi connectivity index (χ0) is 10.9. The van der Waals surface area contributed by atoms with Crippen molar-refractivity contribution in [3.8, 4) is 0 Å². The quantitative estimate of drug-likeness (QED) is 0.511. The standard InChI is InChI=1S/C13H15NO.U/c1-3-13(9-10-15-2)14-11-12-7-5-4-6-8-12;/h4-8H,3,10H2,1-2H3;/q-2;+2. The molecule has 0 saturated carbocycles. The second kappa shape index (κ2) is 9.84. The van der Waals surface area contributed by atoms with E-state index >= 15 is 0 Å². The first-order valence-corrected chi connectivity index (χ1v) is 4.97. The first kappa shape index (κ1) is 15.6. The molecule has 0 bridgehead atoms. The summed E-state index contributed by atoms with van der Waals surface area (Å²) in [5.74, 6) is 0. The van der Waals surface area contributed by atoms with Gasteiger partial charge in [-0.2, -0.15) is 0 Å². The van der Waals surface area contributed by atoms with Gasteiger partial charge in [0.2, 0.25) is 0 Å². The Morgan fingerprint density at radius 1 is 1.31 bits per heavy atom. The molecule has 0 aliphatic heterocycles. The first-order valence-electron chi connectivity index (χ1n) is 4.97. The van der Waals surface area contributed by atoms with E-state index in [0.29, 0.717) is 6.61 Å². The Morgan fingerprint density at radius 3 is 2.56 bits per heavy atom. The molecule has 0 atom stereocenters. The molecule has 0 N–H and O–H groups in total. The minimum atomic E-state index is 0. The number of methoxy groups -OCH3 is 1. The largest absolute Gasteiger partial charge is 2.00 e. The van der Waals surface area contributed by atoms with Crippen LogP contribution in [0.1, 0.15) is 18.9 Å². The van der Waals surface area contributed by atoms with E-state index in [1.54, 1.807) is 7.11 Å². The fraction of sp³-hybridized carbons (Fsp3) is 0.308. The molecule has 16 heavy (non-hydrogen) atoms. The van der Waals surface area contributed by atoms with Crippen molar-refractivity contribution in [3.63, 3.8) is 0 Å². The summed E-state index contributed by atoms with van der Waals surface area (Å²) in [6, 6.07) is 9.83. The molecule has 2 nitrogen and oxygen atoms in total. The molecule has 0 heterocycles. The maximum Gasteiger partial charge on any atom is 2.00 e. The maximum absolute atomic E-state index is 4.91. The van der Waals surface area contributed by atoms with Crippen molar-refractivity contribution >= 4 is 6.21 Å². The number of hydrogen-bond acceptors (Lipinski definition) is 2. The SMILES string of the molecule is CCC(=[C-]COC)N=[C-]c1ccccc1.[U+2]. The molecule has 0 aliphatic rings. The van der Waals surface area contributed by atoms with Gasteiger partial charge in [0.25, 0.3) is 0 Å². The Bertz CT molecular complexity index is 333. The zero-order valence-electron chi connectivity index (χ0n) is 9.66.